The predicted octanol–water partition coefficient (Wildman–Crippen LogP) is 1.96. The smallest absolute Gasteiger partial charge is 0.334 e. The highest BCUT2D eigenvalue weighted by atomic mass is 19.1. The molecule has 0 bridgehead atoms. The second-order valence-electron chi connectivity index (χ2n) is 5.76. The zero-order chi connectivity index (χ0) is 18.6. The lowest BCUT2D eigenvalue weighted by Crippen LogP contribution is -2.38. The van der Waals surface area contributed by atoms with Gasteiger partial charge in [-0.25, -0.2) is 13.9 Å². The number of aromatic nitrogens is 2. The van der Waals surface area contributed by atoms with Gasteiger partial charge < -0.3 is 15.2 Å². The molecule has 2 N–H and O–H groups in total. The number of nitrogens with one attached hydrogen (secondary N) is 1. The third-order valence-corrected chi connectivity index (χ3v) is 3.68. The van der Waals surface area contributed by atoms with Gasteiger partial charge >= 0.3 is 5.97 Å². The number of ether oxygens (including phenoxy) is 1. The monoisotopic (exact) mass is 349 g/mol. The van der Waals surface area contributed by atoms with Crippen molar-refractivity contribution in [3.63, 3.8) is 0 Å². The van der Waals surface area contributed by atoms with E-state index in [1.807, 2.05) is 13.8 Å². The van der Waals surface area contributed by atoms with Crippen LogP contribution in [0.15, 0.2) is 30.5 Å². The highest BCUT2D eigenvalue weighted by Gasteiger charge is 2.23. The molecule has 2 aromatic rings. The number of carboxylic acids is 1. The van der Waals surface area contributed by atoms with Crippen LogP contribution in [0.2, 0.25) is 0 Å². The van der Waals surface area contributed by atoms with Crippen LogP contribution in [-0.2, 0) is 9.53 Å². The van der Waals surface area contributed by atoms with Crippen LogP contribution in [0.3, 0.4) is 0 Å². The molecule has 0 saturated heterocycles. The van der Waals surface area contributed by atoms with Gasteiger partial charge in [-0.3, -0.25) is 4.79 Å². The van der Waals surface area contributed by atoms with Crippen molar-refractivity contribution in [2.75, 3.05) is 13.7 Å². The van der Waals surface area contributed by atoms with Crippen molar-refractivity contribution < 1.29 is 23.8 Å². The van der Waals surface area contributed by atoms with Crippen molar-refractivity contribution in [3.05, 3.63) is 47.5 Å². The summed E-state index contributed by atoms with van der Waals surface area (Å²) in [6.07, 6.45) is 0.287. The Morgan fingerprint density at radius 1 is 1.32 bits per heavy atom. The first-order valence-electron chi connectivity index (χ1n) is 7.72. The minimum atomic E-state index is -1.16. The molecule has 134 valence electrons. The molecular weight excluding hydrogens is 329 g/mol. The van der Waals surface area contributed by atoms with Gasteiger partial charge in [-0.2, -0.15) is 5.10 Å². The molecule has 1 unspecified atom stereocenters. The van der Waals surface area contributed by atoms with Gasteiger partial charge in [0.15, 0.2) is 6.10 Å². The molecule has 1 aromatic heterocycles. The molecule has 8 heteroatoms. The SMILES string of the molecule is COC(CNC(=O)c1cnn(-c2ccc(F)cc2)c1C(C)C)C(=O)O. The predicted molar refractivity (Wildman–Crippen MR) is 88.4 cm³/mol. The molecule has 0 radical (unpaired) electrons. The molecule has 1 aromatic carbocycles. The van der Waals surface area contributed by atoms with E-state index in [4.69, 9.17) is 9.84 Å². The van der Waals surface area contributed by atoms with Crippen LogP contribution in [0.5, 0.6) is 0 Å². The zero-order valence-electron chi connectivity index (χ0n) is 14.2. The Labute approximate surface area is 144 Å². The average Bonchev–Trinajstić information content (AvgIpc) is 3.01. The number of nitrogens with zero attached hydrogens (tertiary/aromatic N) is 2. The summed E-state index contributed by atoms with van der Waals surface area (Å²) < 4.78 is 19.5. The van der Waals surface area contributed by atoms with Crippen LogP contribution in [0.4, 0.5) is 4.39 Å². The molecule has 0 aliphatic carbocycles. The maximum absolute atomic E-state index is 13.1. The first-order valence-corrected chi connectivity index (χ1v) is 7.72. The summed E-state index contributed by atoms with van der Waals surface area (Å²) in [6.45, 7) is 3.65. The van der Waals surface area contributed by atoms with E-state index in [0.717, 1.165) is 0 Å². The number of rotatable bonds is 7. The Balaban J connectivity index is 2.28. The number of carbonyl (C=O) groups excluding carboxylic acids is 1. The van der Waals surface area contributed by atoms with Gasteiger partial charge in [0, 0.05) is 7.11 Å². The third-order valence-electron chi connectivity index (χ3n) is 3.68. The lowest BCUT2D eigenvalue weighted by atomic mass is 10.0. The first kappa shape index (κ1) is 18.6. The third kappa shape index (κ3) is 4.21. The molecule has 0 aliphatic heterocycles. The summed E-state index contributed by atoms with van der Waals surface area (Å²) >= 11 is 0. The Morgan fingerprint density at radius 3 is 2.48 bits per heavy atom. The number of hydrogen-bond acceptors (Lipinski definition) is 4. The number of methoxy groups -OCH3 is 1. The van der Waals surface area contributed by atoms with Gasteiger partial charge in [0.2, 0.25) is 0 Å². The van der Waals surface area contributed by atoms with Gasteiger partial charge in [0.05, 0.1) is 29.7 Å². The average molecular weight is 349 g/mol. The molecule has 1 atom stereocenters. The van der Waals surface area contributed by atoms with Crippen molar-refractivity contribution in [1.29, 1.82) is 0 Å². The van der Waals surface area contributed by atoms with Gasteiger partial charge in [-0.15, -0.1) is 0 Å². The minimum Gasteiger partial charge on any atom is -0.479 e. The van der Waals surface area contributed by atoms with Crippen LogP contribution in [0.1, 0.15) is 35.8 Å². The van der Waals surface area contributed by atoms with Gasteiger partial charge in [-0.05, 0) is 30.2 Å². The van der Waals surface area contributed by atoms with Crippen molar-refractivity contribution in [1.82, 2.24) is 15.1 Å². The Kier molecular flexibility index (Phi) is 5.87. The molecule has 0 spiro atoms. The molecule has 7 nitrogen and oxygen atoms in total. The molecule has 2 rings (SSSR count). The van der Waals surface area contributed by atoms with Crippen LogP contribution in [0.25, 0.3) is 5.69 Å². The van der Waals surface area contributed by atoms with Crippen LogP contribution >= 0.6 is 0 Å². The van der Waals surface area contributed by atoms with E-state index in [1.165, 1.54) is 25.4 Å². The number of amides is 1. The van der Waals surface area contributed by atoms with Crippen LogP contribution < -0.4 is 5.32 Å². The fraction of sp³-hybridized carbons (Fsp3) is 0.353. The van der Waals surface area contributed by atoms with E-state index in [2.05, 4.69) is 10.4 Å². The fourth-order valence-corrected chi connectivity index (χ4v) is 2.43. The van der Waals surface area contributed by atoms with E-state index in [1.54, 1.807) is 16.8 Å². The molecule has 1 amide bonds. The standard InChI is InChI=1S/C17H20FN3O4/c1-10(2)15-13(16(22)19-9-14(25-3)17(23)24)8-20-21(15)12-6-4-11(18)5-7-12/h4-8,10,14H,9H2,1-3H3,(H,19,22)(H,23,24). The molecule has 1 heterocycles. The Bertz CT molecular complexity index is 756. The quantitative estimate of drug-likeness (QED) is 0.797. The fourth-order valence-electron chi connectivity index (χ4n) is 2.43. The van der Waals surface area contributed by atoms with Crippen molar-refractivity contribution in [2.24, 2.45) is 0 Å². The number of aliphatic carboxylic acids is 1. The highest BCUT2D eigenvalue weighted by molar-refractivity contribution is 5.95. The van der Waals surface area contributed by atoms with Crippen LogP contribution in [0, 0.1) is 5.82 Å². The maximum Gasteiger partial charge on any atom is 0.334 e. The Hall–Kier alpha value is -2.74. The van der Waals surface area contributed by atoms with E-state index in [9.17, 15) is 14.0 Å². The van der Waals surface area contributed by atoms with Crippen LogP contribution in [-0.4, -0.2) is 46.5 Å². The lowest BCUT2D eigenvalue weighted by Gasteiger charge is -2.14. The van der Waals surface area contributed by atoms with Crippen molar-refractivity contribution >= 4 is 11.9 Å². The normalized spacial score (nSPS) is 12.2. The summed E-state index contributed by atoms with van der Waals surface area (Å²) in [5.41, 5.74) is 1.61. The Morgan fingerprint density at radius 2 is 1.96 bits per heavy atom. The van der Waals surface area contributed by atoms with E-state index < -0.39 is 18.0 Å². The summed E-state index contributed by atoms with van der Waals surface area (Å²) in [6, 6.07) is 5.77. The van der Waals surface area contributed by atoms with Gasteiger partial charge in [0.25, 0.3) is 5.91 Å². The number of hydrogen-bond donors (Lipinski definition) is 2. The lowest BCUT2D eigenvalue weighted by molar-refractivity contribution is -0.148. The molecule has 25 heavy (non-hydrogen) atoms. The minimum absolute atomic E-state index is 0.0361. The summed E-state index contributed by atoms with van der Waals surface area (Å²) in [5.74, 6) is -2.00. The maximum atomic E-state index is 13.1. The number of carboxylic acid groups (broad SMARTS) is 1. The topological polar surface area (TPSA) is 93.5 Å². The highest BCUT2D eigenvalue weighted by Crippen LogP contribution is 2.23. The summed E-state index contributed by atoms with van der Waals surface area (Å²) in [5, 5.41) is 15.7. The zero-order valence-corrected chi connectivity index (χ0v) is 14.2. The van der Waals surface area contributed by atoms with Crippen molar-refractivity contribution in [2.45, 2.75) is 25.9 Å². The van der Waals surface area contributed by atoms with E-state index in [-0.39, 0.29) is 18.3 Å². The summed E-state index contributed by atoms with van der Waals surface area (Å²) in [7, 11) is 1.26. The number of halogens is 1. The van der Waals surface area contributed by atoms with E-state index in [0.29, 0.717) is 16.9 Å². The molecule has 0 saturated carbocycles. The first-order chi connectivity index (χ1) is 11.8. The summed E-state index contributed by atoms with van der Waals surface area (Å²) in [4.78, 5) is 23.4. The second kappa shape index (κ2) is 7.89. The number of benzene rings is 1. The molecular formula is C17H20FN3O4. The van der Waals surface area contributed by atoms with Gasteiger partial charge in [-0.1, -0.05) is 13.8 Å². The van der Waals surface area contributed by atoms with E-state index >= 15 is 0 Å². The van der Waals surface area contributed by atoms with Gasteiger partial charge in [0.1, 0.15) is 5.82 Å². The molecule has 0 aliphatic rings. The second-order valence-corrected chi connectivity index (χ2v) is 5.76. The van der Waals surface area contributed by atoms with Crippen molar-refractivity contribution in [3.8, 4) is 5.69 Å². The molecule has 0 fully saturated rings. The largest absolute Gasteiger partial charge is 0.479 e. The number of carbonyl (C=O) groups is 2.